The molecule has 39 heavy (non-hydrogen) atoms. The van der Waals surface area contributed by atoms with E-state index in [9.17, 15) is 4.39 Å². The number of hydrogen-bond donors (Lipinski definition) is 0. The highest BCUT2D eigenvalue weighted by atomic mass is 28.4. The number of benzene rings is 2. The summed E-state index contributed by atoms with van der Waals surface area (Å²) >= 11 is 0. The van der Waals surface area contributed by atoms with Gasteiger partial charge in [0.25, 0.3) is 8.32 Å². The molecule has 0 aliphatic rings. The third-order valence-electron chi connectivity index (χ3n) is 6.94. The molecule has 0 radical (unpaired) electrons. The maximum Gasteiger partial charge on any atom is 0.261 e. The number of nitrogens with zero attached hydrogens (tertiary/aromatic N) is 3. The second kappa shape index (κ2) is 13.0. The van der Waals surface area contributed by atoms with Gasteiger partial charge >= 0.3 is 0 Å². The molecule has 0 unspecified atom stereocenters. The number of imidazole rings is 1. The van der Waals surface area contributed by atoms with Gasteiger partial charge in [-0.25, -0.2) is 14.4 Å². The Morgan fingerprint density at radius 2 is 1.49 bits per heavy atom. The fraction of sp³-hybridized carbons (Fsp3) is 0.419. The Kier molecular flexibility index (Phi) is 9.66. The van der Waals surface area contributed by atoms with Crippen molar-refractivity contribution in [1.82, 2.24) is 14.5 Å². The van der Waals surface area contributed by atoms with E-state index in [1.54, 1.807) is 0 Å². The molecule has 0 N–H and O–H groups in total. The molecule has 0 atom stereocenters. The zero-order valence-electron chi connectivity index (χ0n) is 23.7. The lowest BCUT2D eigenvalue weighted by Crippen LogP contribution is -2.66. The molecule has 0 aliphatic heterocycles. The van der Waals surface area contributed by atoms with E-state index in [4.69, 9.17) is 13.9 Å². The first kappa shape index (κ1) is 29.1. The Labute approximate surface area is 232 Å². The van der Waals surface area contributed by atoms with Gasteiger partial charge in [-0.15, -0.1) is 0 Å². The van der Waals surface area contributed by atoms with Gasteiger partial charge in [0.2, 0.25) is 6.29 Å². The number of ether oxygens (including phenoxy) is 2. The van der Waals surface area contributed by atoms with Crippen molar-refractivity contribution in [3.63, 3.8) is 0 Å². The molecule has 0 aliphatic carbocycles. The van der Waals surface area contributed by atoms with E-state index in [-0.39, 0.29) is 5.04 Å². The average molecular weight is 550 g/mol. The number of rotatable bonds is 13. The van der Waals surface area contributed by atoms with E-state index in [0.29, 0.717) is 43.4 Å². The van der Waals surface area contributed by atoms with Crippen LogP contribution in [0.1, 0.15) is 59.6 Å². The second-order valence-electron chi connectivity index (χ2n) is 10.6. The van der Waals surface area contributed by atoms with Crippen LogP contribution in [0.3, 0.4) is 0 Å². The minimum atomic E-state index is -2.58. The Balaban J connectivity index is 1.56. The van der Waals surface area contributed by atoms with Crippen LogP contribution in [-0.2, 0) is 20.4 Å². The van der Waals surface area contributed by atoms with Crippen molar-refractivity contribution < 1.29 is 18.3 Å². The number of aromatic nitrogens is 3. The summed E-state index contributed by atoms with van der Waals surface area (Å²) in [6.45, 7) is 12.9. The van der Waals surface area contributed by atoms with Crippen LogP contribution in [0, 0.1) is 5.82 Å². The van der Waals surface area contributed by atoms with Gasteiger partial charge in [-0.1, -0.05) is 81.4 Å². The first-order valence-electron chi connectivity index (χ1n) is 13.8. The quantitative estimate of drug-likeness (QED) is 0.116. The van der Waals surface area contributed by atoms with Crippen molar-refractivity contribution in [2.24, 2.45) is 0 Å². The minimum absolute atomic E-state index is 0.0698. The first-order valence-corrected chi connectivity index (χ1v) is 15.7. The van der Waals surface area contributed by atoms with Gasteiger partial charge in [-0.3, -0.25) is 0 Å². The van der Waals surface area contributed by atoms with Gasteiger partial charge in [0.1, 0.15) is 11.3 Å². The zero-order chi connectivity index (χ0) is 27.9. The first-order chi connectivity index (χ1) is 18.8. The van der Waals surface area contributed by atoms with E-state index in [1.165, 1.54) is 22.6 Å². The molecule has 0 fully saturated rings. The lowest BCUT2D eigenvalue weighted by atomic mass is 10.2. The van der Waals surface area contributed by atoms with E-state index in [1.807, 2.05) is 18.4 Å². The summed E-state index contributed by atoms with van der Waals surface area (Å²) in [6.07, 6.45) is 2.28. The van der Waals surface area contributed by atoms with E-state index in [2.05, 4.69) is 91.4 Å². The molecule has 2 aromatic carbocycles. The summed E-state index contributed by atoms with van der Waals surface area (Å²) in [5.41, 5.74) is 1.13. The van der Waals surface area contributed by atoms with Crippen LogP contribution in [0.15, 0.2) is 72.9 Å². The molecule has 4 aromatic rings. The number of hydrogen-bond acceptors (Lipinski definition) is 5. The van der Waals surface area contributed by atoms with E-state index >= 15 is 0 Å². The lowest BCUT2D eigenvalue weighted by molar-refractivity contribution is -0.146. The summed E-state index contributed by atoms with van der Waals surface area (Å²) in [5, 5.41) is 2.47. The third-order valence-corrected chi connectivity index (χ3v) is 12.0. The number of halogens is 1. The fourth-order valence-electron chi connectivity index (χ4n) is 5.26. The van der Waals surface area contributed by atoms with Gasteiger partial charge < -0.3 is 18.5 Å². The maximum atomic E-state index is 13.9. The molecule has 0 saturated heterocycles. The molecule has 6 nitrogen and oxygen atoms in total. The smallest absolute Gasteiger partial charge is 0.261 e. The predicted molar refractivity (Wildman–Crippen MR) is 156 cm³/mol. The van der Waals surface area contributed by atoms with Crippen LogP contribution in [-0.4, -0.2) is 42.7 Å². The zero-order valence-corrected chi connectivity index (χ0v) is 24.7. The van der Waals surface area contributed by atoms with Crippen molar-refractivity contribution in [1.29, 1.82) is 0 Å². The molecular weight excluding hydrogens is 509 g/mol. The molecule has 4 rings (SSSR count). The number of pyridine rings is 1. The Bertz CT molecular complexity index is 1280. The van der Waals surface area contributed by atoms with Crippen LogP contribution in [0.4, 0.5) is 4.39 Å². The molecule has 0 spiro atoms. The number of aryl methyl sites for hydroxylation is 1. The Morgan fingerprint density at radius 1 is 0.897 bits per heavy atom. The fourth-order valence-corrected chi connectivity index (χ4v) is 9.87. The largest absolute Gasteiger partial charge is 0.407 e. The monoisotopic (exact) mass is 549 g/mol. The second-order valence-corrected chi connectivity index (χ2v) is 14.9. The minimum Gasteiger partial charge on any atom is -0.407 e. The Morgan fingerprint density at radius 3 is 2.03 bits per heavy atom. The summed E-state index contributed by atoms with van der Waals surface area (Å²) < 4.78 is 34.6. The van der Waals surface area contributed by atoms with Crippen molar-refractivity contribution >= 4 is 29.9 Å². The molecule has 0 saturated carbocycles. The molecule has 2 aromatic heterocycles. The maximum absolute atomic E-state index is 13.9. The van der Waals surface area contributed by atoms with Gasteiger partial charge in [-0.05, 0) is 42.1 Å². The van der Waals surface area contributed by atoms with Gasteiger partial charge in [0.05, 0.1) is 6.20 Å². The summed E-state index contributed by atoms with van der Waals surface area (Å²) in [4.78, 5) is 8.99. The van der Waals surface area contributed by atoms with Crippen LogP contribution >= 0.6 is 0 Å². The molecule has 208 valence electrons. The average Bonchev–Trinajstić information content (AvgIpc) is 3.28. The summed E-state index contributed by atoms with van der Waals surface area (Å²) in [7, 11) is -2.58. The molecule has 0 amide bonds. The molecule has 8 heteroatoms. The highest BCUT2D eigenvalue weighted by Gasteiger charge is 2.49. The van der Waals surface area contributed by atoms with Gasteiger partial charge in [0, 0.05) is 32.4 Å². The van der Waals surface area contributed by atoms with Crippen LogP contribution in [0.5, 0.6) is 0 Å². The van der Waals surface area contributed by atoms with Crippen molar-refractivity contribution in [3.8, 4) is 0 Å². The van der Waals surface area contributed by atoms with Crippen molar-refractivity contribution in [3.05, 3.63) is 84.6 Å². The Hall–Kier alpha value is -2.91. The van der Waals surface area contributed by atoms with Crippen LogP contribution in [0.25, 0.3) is 11.2 Å². The van der Waals surface area contributed by atoms with Gasteiger partial charge in [-0.2, -0.15) is 0 Å². The highest BCUT2D eigenvalue weighted by molar-refractivity contribution is 6.99. The lowest BCUT2D eigenvalue weighted by Gasteiger charge is -2.43. The predicted octanol–water partition coefficient (Wildman–Crippen LogP) is 6.00. The standard InChI is InChI=1S/C31H40FN3O3Si/c1-6-36-30(37-7-2)29-34-27-22-24(32)23-33-28(27)35(29)20-14-15-21-38-39(31(3,4)5,25-16-10-8-11-17-25)26-18-12-9-13-19-26/h8-13,16-19,22-23,30H,6-7,14-15,20-21H2,1-5H3. The third kappa shape index (κ3) is 6.30. The summed E-state index contributed by atoms with van der Waals surface area (Å²) in [6, 6.07) is 22.8. The van der Waals surface area contributed by atoms with Crippen LogP contribution in [0.2, 0.25) is 5.04 Å². The van der Waals surface area contributed by atoms with Gasteiger partial charge in [0.15, 0.2) is 11.5 Å². The number of unbranched alkanes of at least 4 members (excludes halogenated alkanes) is 1. The molecule has 2 heterocycles. The van der Waals surface area contributed by atoms with Crippen molar-refractivity contribution in [2.75, 3.05) is 19.8 Å². The number of fused-ring (bicyclic) bond motifs is 1. The van der Waals surface area contributed by atoms with Crippen molar-refractivity contribution in [2.45, 2.75) is 65.3 Å². The van der Waals surface area contributed by atoms with Crippen LogP contribution < -0.4 is 10.4 Å². The topological polar surface area (TPSA) is 58.4 Å². The summed E-state index contributed by atoms with van der Waals surface area (Å²) in [5.74, 6) is 0.196. The molecular formula is C31H40FN3O3Si. The normalized spacial score (nSPS) is 12.5. The SMILES string of the molecule is CCOC(OCC)c1nc2cc(F)cnc2n1CCCCO[Si](c1ccccc1)(c1ccccc1)C(C)(C)C. The molecule has 0 bridgehead atoms. The van der Waals surface area contributed by atoms with E-state index < -0.39 is 20.4 Å². The van der Waals surface area contributed by atoms with E-state index in [0.717, 1.165) is 12.8 Å². The highest BCUT2D eigenvalue weighted by Crippen LogP contribution is 2.37.